The van der Waals surface area contributed by atoms with Crippen molar-refractivity contribution in [1.82, 2.24) is 9.97 Å². The Labute approximate surface area is 167 Å². The molecule has 2 heterocycles. The summed E-state index contributed by atoms with van der Waals surface area (Å²) < 4.78 is 5.15. The first-order valence-electron chi connectivity index (χ1n) is 8.96. The number of anilines is 1. The highest BCUT2D eigenvalue weighted by atomic mass is 32.1. The fourth-order valence-electron chi connectivity index (χ4n) is 2.90. The molecule has 0 unspecified atom stereocenters. The Kier molecular flexibility index (Phi) is 5.30. The van der Waals surface area contributed by atoms with Gasteiger partial charge in [-0.15, -0.1) is 0 Å². The number of rotatable bonds is 6. The summed E-state index contributed by atoms with van der Waals surface area (Å²) in [6.07, 6.45) is 2.87. The topological polar surface area (TPSA) is 64.1 Å². The number of carbonyl (C=O) groups excluding carboxylic acids is 1. The van der Waals surface area contributed by atoms with Gasteiger partial charge in [-0.25, -0.2) is 9.97 Å². The molecule has 0 atom stereocenters. The summed E-state index contributed by atoms with van der Waals surface area (Å²) in [4.78, 5) is 22.2. The van der Waals surface area contributed by atoms with Crippen LogP contribution < -0.4 is 10.1 Å². The van der Waals surface area contributed by atoms with E-state index in [-0.39, 0.29) is 5.91 Å². The molecule has 4 rings (SSSR count). The normalized spacial score (nSPS) is 10.8. The summed E-state index contributed by atoms with van der Waals surface area (Å²) in [6, 6.07) is 19.4. The molecule has 0 spiro atoms. The molecule has 2 aromatic heterocycles. The van der Waals surface area contributed by atoms with Crippen molar-refractivity contribution in [2.24, 2.45) is 0 Å². The molecule has 0 aliphatic heterocycles. The van der Waals surface area contributed by atoms with Gasteiger partial charge >= 0.3 is 0 Å². The van der Waals surface area contributed by atoms with Crippen LogP contribution in [0.1, 0.15) is 12.0 Å². The number of pyridine rings is 1. The van der Waals surface area contributed by atoms with E-state index in [9.17, 15) is 4.79 Å². The summed E-state index contributed by atoms with van der Waals surface area (Å²) in [7, 11) is 1.64. The Morgan fingerprint density at radius 3 is 2.75 bits per heavy atom. The van der Waals surface area contributed by atoms with Gasteiger partial charge in [-0.1, -0.05) is 35.6 Å². The van der Waals surface area contributed by atoms with Crippen LogP contribution in [0, 0.1) is 0 Å². The molecule has 1 amide bonds. The summed E-state index contributed by atoms with van der Waals surface area (Å²) in [5.41, 5.74) is 3.73. The number of nitrogens with zero attached hydrogens (tertiary/aromatic N) is 2. The fourth-order valence-corrected chi connectivity index (χ4v) is 3.80. The number of amides is 1. The third kappa shape index (κ3) is 4.18. The minimum atomic E-state index is -0.0149. The van der Waals surface area contributed by atoms with Crippen LogP contribution in [0.25, 0.3) is 20.9 Å². The van der Waals surface area contributed by atoms with Crippen molar-refractivity contribution in [3.63, 3.8) is 0 Å². The lowest BCUT2D eigenvalue weighted by molar-refractivity contribution is -0.116. The first-order valence-corrected chi connectivity index (χ1v) is 9.78. The van der Waals surface area contributed by atoms with E-state index < -0.39 is 0 Å². The van der Waals surface area contributed by atoms with E-state index in [1.165, 1.54) is 0 Å². The van der Waals surface area contributed by atoms with Gasteiger partial charge in [-0.05, 0) is 48.4 Å². The quantitative estimate of drug-likeness (QED) is 0.507. The maximum atomic E-state index is 12.3. The van der Waals surface area contributed by atoms with Crippen LogP contribution in [-0.2, 0) is 11.2 Å². The summed E-state index contributed by atoms with van der Waals surface area (Å²) >= 11 is 1.54. The number of nitrogens with one attached hydrogen (secondary N) is 1. The van der Waals surface area contributed by atoms with E-state index in [0.29, 0.717) is 12.8 Å². The number of aryl methyl sites for hydroxylation is 1. The molecule has 28 heavy (non-hydrogen) atoms. The van der Waals surface area contributed by atoms with Gasteiger partial charge in [0.05, 0.1) is 7.11 Å². The second-order valence-corrected chi connectivity index (χ2v) is 7.30. The Morgan fingerprint density at radius 1 is 1.11 bits per heavy atom. The van der Waals surface area contributed by atoms with Gasteiger partial charge in [0.25, 0.3) is 0 Å². The molecule has 0 saturated carbocycles. The SMILES string of the molecule is COc1ccc(CCC(=O)Nc2cccc(-c3nc4cccnc4s3)c2)cc1. The van der Waals surface area contributed by atoms with Gasteiger partial charge in [0.1, 0.15) is 21.1 Å². The largest absolute Gasteiger partial charge is 0.497 e. The molecule has 0 aliphatic carbocycles. The maximum Gasteiger partial charge on any atom is 0.224 e. The van der Waals surface area contributed by atoms with Crippen LogP contribution in [0.3, 0.4) is 0 Å². The maximum absolute atomic E-state index is 12.3. The number of ether oxygens (including phenoxy) is 1. The molecule has 0 saturated heterocycles. The molecule has 0 fully saturated rings. The van der Waals surface area contributed by atoms with Crippen molar-refractivity contribution in [3.8, 4) is 16.3 Å². The molecule has 140 valence electrons. The molecule has 2 aromatic carbocycles. The summed E-state index contributed by atoms with van der Waals surface area (Å²) in [6.45, 7) is 0. The standard InChI is InChI=1S/C22H19N3O2S/c1-27-18-10-7-15(8-11-18)9-12-20(26)24-17-5-2-4-16(14-17)21-25-19-6-3-13-23-22(19)28-21/h2-8,10-11,13-14H,9,12H2,1H3,(H,24,26). The number of hydrogen-bond acceptors (Lipinski definition) is 5. The van der Waals surface area contributed by atoms with Crippen molar-refractivity contribution in [3.05, 3.63) is 72.4 Å². The van der Waals surface area contributed by atoms with E-state index in [1.807, 2.05) is 60.7 Å². The molecule has 0 aliphatic rings. The van der Waals surface area contributed by atoms with Crippen molar-refractivity contribution in [2.75, 3.05) is 12.4 Å². The van der Waals surface area contributed by atoms with Crippen molar-refractivity contribution in [2.45, 2.75) is 12.8 Å². The second kappa shape index (κ2) is 8.19. The number of benzene rings is 2. The van der Waals surface area contributed by atoms with Crippen LogP contribution in [-0.4, -0.2) is 23.0 Å². The number of hydrogen-bond donors (Lipinski definition) is 1. The Balaban J connectivity index is 1.41. The van der Waals surface area contributed by atoms with Gasteiger partial charge in [-0.3, -0.25) is 4.79 Å². The third-order valence-electron chi connectivity index (χ3n) is 4.36. The Morgan fingerprint density at radius 2 is 1.96 bits per heavy atom. The highest BCUT2D eigenvalue weighted by Gasteiger charge is 2.09. The number of fused-ring (bicyclic) bond motifs is 1. The smallest absolute Gasteiger partial charge is 0.224 e. The molecular formula is C22H19N3O2S. The van der Waals surface area contributed by atoms with E-state index >= 15 is 0 Å². The van der Waals surface area contributed by atoms with Gasteiger partial charge in [0.15, 0.2) is 0 Å². The highest BCUT2D eigenvalue weighted by molar-refractivity contribution is 7.21. The predicted molar refractivity (Wildman–Crippen MR) is 113 cm³/mol. The molecule has 0 radical (unpaired) electrons. The number of carbonyl (C=O) groups is 1. The lowest BCUT2D eigenvalue weighted by atomic mass is 10.1. The average molecular weight is 389 g/mol. The minimum absolute atomic E-state index is 0.0149. The van der Waals surface area contributed by atoms with E-state index in [2.05, 4.69) is 15.3 Å². The van der Waals surface area contributed by atoms with Crippen LogP contribution in [0.4, 0.5) is 5.69 Å². The molecule has 4 aromatic rings. The fraction of sp³-hybridized carbons (Fsp3) is 0.136. The number of aromatic nitrogens is 2. The second-order valence-electron chi connectivity index (χ2n) is 6.32. The van der Waals surface area contributed by atoms with Crippen molar-refractivity contribution < 1.29 is 9.53 Å². The van der Waals surface area contributed by atoms with Gasteiger partial charge < -0.3 is 10.1 Å². The first kappa shape index (κ1) is 18.1. The predicted octanol–water partition coefficient (Wildman–Crippen LogP) is 4.94. The van der Waals surface area contributed by atoms with E-state index in [0.717, 1.165) is 37.9 Å². The monoisotopic (exact) mass is 389 g/mol. The Hall–Kier alpha value is -3.25. The Bertz CT molecular complexity index is 1070. The summed E-state index contributed by atoms with van der Waals surface area (Å²) in [5, 5.41) is 3.87. The molecule has 1 N–H and O–H groups in total. The zero-order chi connectivity index (χ0) is 19.3. The van der Waals surface area contributed by atoms with Crippen molar-refractivity contribution in [1.29, 1.82) is 0 Å². The lowest BCUT2D eigenvalue weighted by Crippen LogP contribution is -2.12. The summed E-state index contributed by atoms with van der Waals surface area (Å²) in [5.74, 6) is 0.800. The zero-order valence-electron chi connectivity index (χ0n) is 15.4. The number of thiazole rings is 1. The van der Waals surface area contributed by atoms with Crippen LogP contribution in [0.15, 0.2) is 66.9 Å². The van der Waals surface area contributed by atoms with Gasteiger partial charge in [0.2, 0.25) is 5.91 Å². The molecule has 0 bridgehead atoms. The third-order valence-corrected chi connectivity index (χ3v) is 5.39. The lowest BCUT2D eigenvalue weighted by Gasteiger charge is -2.07. The molecule has 5 nitrogen and oxygen atoms in total. The number of methoxy groups -OCH3 is 1. The van der Waals surface area contributed by atoms with Gasteiger partial charge in [0, 0.05) is 23.9 Å². The minimum Gasteiger partial charge on any atom is -0.497 e. The van der Waals surface area contributed by atoms with E-state index in [4.69, 9.17) is 4.74 Å². The van der Waals surface area contributed by atoms with Crippen molar-refractivity contribution >= 4 is 33.3 Å². The molecular weight excluding hydrogens is 370 g/mol. The average Bonchev–Trinajstić information content (AvgIpc) is 3.17. The zero-order valence-corrected chi connectivity index (χ0v) is 16.2. The highest BCUT2D eigenvalue weighted by Crippen LogP contribution is 2.30. The van der Waals surface area contributed by atoms with Crippen LogP contribution in [0.2, 0.25) is 0 Å². The van der Waals surface area contributed by atoms with E-state index in [1.54, 1.807) is 24.6 Å². The van der Waals surface area contributed by atoms with Crippen LogP contribution >= 0.6 is 11.3 Å². The first-order chi connectivity index (χ1) is 13.7. The van der Waals surface area contributed by atoms with Crippen LogP contribution in [0.5, 0.6) is 5.75 Å². The molecule has 6 heteroatoms. The van der Waals surface area contributed by atoms with Gasteiger partial charge in [-0.2, -0.15) is 0 Å².